The number of para-hydroxylation sites is 1. The van der Waals surface area contributed by atoms with Crippen LogP contribution in [0.3, 0.4) is 0 Å². The molecule has 0 saturated carbocycles. The highest BCUT2D eigenvalue weighted by atomic mass is 32.1. The van der Waals surface area contributed by atoms with Gasteiger partial charge in [-0.2, -0.15) is 0 Å². The summed E-state index contributed by atoms with van der Waals surface area (Å²) in [7, 11) is 0. The molecule has 1 heterocycles. The highest BCUT2D eigenvalue weighted by molar-refractivity contribution is 7.80. The normalized spacial score (nSPS) is 13.5. The minimum Gasteiger partial charge on any atom is -0.508 e. The fourth-order valence-corrected chi connectivity index (χ4v) is 2.47. The Morgan fingerprint density at radius 1 is 1.19 bits per heavy atom. The van der Waals surface area contributed by atoms with E-state index in [0.29, 0.717) is 6.54 Å². The summed E-state index contributed by atoms with van der Waals surface area (Å²) in [5, 5.41) is 22.4. The summed E-state index contributed by atoms with van der Waals surface area (Å²) in [5.74, 6) is -0.796. The highest BCUT2D eigenvalue weighted by Crippen LogP contribution is 2.28. The molecule has 2 aromatic carbocycles. The van der Waals surface area contributed by atoms with Crippen LogP contribution >= 0.6 is 12.2 Å². The number of hydrogen-bond acceptors (Lipinski definition) is 4. The number of carbonyl (C=O) groups is 1. The largest absolute Gasteiger partial charge is 0.508 e. The Hall–Kier alpha value is -2.60. The average molecular weight is 300 g/mol. The first-order valence-electron chi connectivity index (χ1n) is 6.29. The standard InChI is InChI=1S/C15H12N2O3S/c18-10-5-6-11(13(19)7-10)14(20)17-8-9-3-1-2-4-12(9)16-15(17)21/h1-7,18-19H,8H2,(H,16,21). The number of amides is 1. The fraction of sp³-hybridized carbons (Fsp3) is 0.0667. The van der Waals surface area contributed by atoms with Crippen molar-refractivity contribution in [1.29, 1.82) is 0 Å². The molecule has 0 atom stereocenters. The van der Waals surface area contributed by atoms with Crippen molar-refractivity contribution in [2.24, 2.45) is 0 Å². The first-order valence-corrected chi connectivity index (χ1v) is 6.70. The lowest BCUT2D eigenvalue weighted by molar-refractivity contribution is 0.0838. The number of fused-ring (bicyclic) bond motifs is 1. The number of phenolic OH excluding ortho intramolecular Hbond substituents is 2. The van der Waals surface area contributed by atoms with Crippen LogP contribution in [0.2, 0.25) is 0 Å². The summed E-state index contributed by atoms with van der Waals surface area (Å²) in [6.45, 7) is 0.334. The van der Waals surface area contributed by atoms with Gasteiger partial charge in [0.2, 0.25) is 0 Å². The zero-order chi connectivity index (χ0) is 15.0. The van der Waals surface area contributed by atoms with Crippen molar-refractivity contribution >= 4 is 28.9 Å². The summed E-state index contributed by atoms with van der Waals surface area (Å²) in [4.78, 5) is 13.9. The van der Waals surface area contributed by atoms with Gasteiger partial charge < -0.3 is 15.5 Å². The molecule has 1 aliphatic rings. The quantitative estimate of drug-likeness (QED) is 0.706. The van der Waals surface area contributed by atoms with Gasteiger partial charge in [0.1, 0.15) is 11.5 Å². The minimum atomic E-state index is -0.417. The molecule has 0 bridgehead atoms. The number of hydrogen-bond donors (Lipinski definition) is 3. The number of phenols is 2. The summed E-state index contributed by atoms with van der Waals surface area (Å²) >= 11 is 5.21. The zero-order valence-corrected chi connectivity index (χ0v) is 11.7. The first kappa shape index (κ1) is 13.4. The maximum absolute atomic E-state index is 12.5. The lowest BCUT2D eigenvalue weighted by Crippen LogP contribution is -2.42. The lowest BCUT2D eigenvalue weighted by Gasteiger charge is -2.30. The Balaban J connectivity index is 1.94. The van der Waals surface area contributed by atoms with E-state index in [2.05, 4.69) is 5.32 Å². The molecule has 0 fully saturated rings. The first-order chi connectivity index (χ1) is 10.1. The topological polar surface area (TPSA) is 72.8 Å². The molecule has 0 aliphatic carbocycles. The van der Waals surface area contributed by atoms with Crippen LogP contribution in [0.5, 0.6) is 11.5 Å². The molecular formula is C15H12N2O3S. The molecule has 0 aromatic heterocycles. The number of thiocarbonyl (C=S) groups is 1. The van der Waals surface area contributed by atoms with E-state index in [0.717, 1.165) is 17.3 Å². The average Bonchev–Trinajstić information content (AvgIpc) is 2.46. The van der Waals surface area contributed by atoms with Crippen LogP contribution < -0.4 is 5.32 Å². The molecule has 0 spiro atoms. The van der Waals surface area contributed by atoms with Crippen molar-refractivity contribution in [3.63, 3.8) is 0 Å². The van der Waals surface area contributed by atoms with Crippen LogP contribution in [-0.4, -0.2) is 26.1 Å². The molecule has 1 aliphatic heterocycles. The van der Waals surface area contributed by atoms with E-state index < -0.39 is 5.91 Å². The molecule has 3 rings (SSSR count). The zero-order valence-electron chi connectivity index (χ0n) is 10.9. The molecule has 0 radical (unpaired) electrons. The molecule has 3 N–H and O–H groups in total. The number of carbonyl (C=O) groups excluding carboxylic acids is 1. The van der Waals surface area contributed by atoms with E-state index in [9.17, 15) is 15.0 Å². The molecule has 106 valence electrons. The van der Waals surface area contributed by atoms with Gasteiger partial charge in [-0.15, -0.1) is 0 Å². The highest BCUT2D eigenvalue weighted by Gasteiger charge is 2.27. The van der Waals surface area contributed by atoms with Crippen LogP contribution in [0, 0.1) is 0 Å². The maximum atomic E-state index is 12.5. The van der Waals surface area contributed by atoms with E-state index in [-0.39, 0.29) is 22.2 Å². The van der Waals surface area contributed by atoms with Gasteiger partial charge in [-0.1, -0.05) is 18.2 Å². The van der Waals surface area contributed by atoms with Crippen LogP contribution in [0.25, 0.3) is 0 Å². The van der Waals surface area contributed by atoms with Crippen LogP contribution in [0.4, 0.5) is 5.69 Å². The van der Waals surface area contributed by atoms with Crippen molar-refractivity contribution in [1.82, 2.24) is 4.90 Å². The van der Waals surface area contributed by atoms with E-state index in [4.69, 9.17) is 12.2 Å². The lowest BCUT2D eigenvalue weighted by atomic mass is 10.1. The molecular weight excluding hydrogens is 288 g/mol. The van der Waals surface area contributed by atoms with Crippen molar-refractivity contribution < 1.29 is 15.0 Å². The Bertz CT molecular complexity index is 745. The van der Waals surface area contributed by atoms with E-state index in [1.165, 1.54) is 17.0 Å². The SMILES string of the molecule is O=C(c1ccc(O)cc1O)N1Cc2ccccc2NC1=S. The number of rotatable bonds is 1. The number of anilines is 1. The predicted molar refractivity (Wildman–Crippen MR) is 82.3 cm³/mol. The second-order valence-corrected chi connectivity index (χ2v) is 5.07. The van der Waals surface area contributed by atoms with Gasteiger partial charge in [0.15, 0.2) is 5.11 Å². The van der Waals surface area contributed by atoms with Gasteiger partial charge in [0.05, 0.1) is 12.1 Å². The van der Waals surface area contributed by atoms with Gasteiger partial charge in [-0.05, 0) is 36.0 Å². The summed E-state index contributed by atoms with van der Waals surface area (Å²) in [5.41, 5.74) is 1.91. The van der Waals surface area contributed by atoms with Crippen LogP contribution in [0.1, 0.15) is 15.9 Å². The third kappa shape index (κ3) is 2.41. The predicted octanol–water partition coefficient (Wildman–Crippen LogP) is 2.45. The van der Waals surface area contributed by atoms with Gasteiger partial charge in [0, 0.05) is 11.8 Å². The minimum absolute atomic E-state index is 0.0938. The molecule has 5 nitrogen and oxygen atoms in total. The Morgan fingerprint density at radius 3 is 2.71 bits per heavy atom. The molecule has 6 heteroatoms. The fourth-order valence-electron chi connectivity index (χ4n) is 2.22. The van der Waals surface area contributed by atoms with Crippen LogP contribution in [-0.2, 0) is 6.54 Å². The molecule has 1 amide bonds. The second-order valence-electron chi connectivity index (χ2n) is 4.68. The Morgan fingerprint density at radius 2 is 1.95 bits per heavy atom. The summed E-state index contributed by atoms with van der Waals surface area (Å²) in [6, 6.07) is 11.4. The monoisotopic (exact) mass is 300 g/mol. The third-order valence-electron chi connectivity index (χ3n) is 3.29. The number of aromatic hydroxyl groups is 2. The third-order valence-corrected chi connectivity index (χ3v) is 3.61. The molecule has 0 unspecified atom stereocenters. The van der Waals surface area contributed by atoms with Gasteiger partial charge >= 0.3 is 0 Å². The van der Waals surface area contributed by atoms with Crippen molar-refractivity contribution in [2.75, 3.05) is 5.32 Å². The maximum Gasteiger partial charge on any atom is 0.264 e. The number of benzene rings is 2. The van der Waals surface area contributed by atoms with Crippen molar-refractivity contribution in [3.05, 3.63) is 53.6 Å². The number of nitrogens with one attached hydrogen (secondary N) is 1. The van der Waals surface area contributed by atoms with E-state index >= 15 is 0 Å². The molecule has 0 saturated heterocycles. The Labute approximate surface area is 126 Å². The smallest absolute Gasteiger partial charge is 0.264 e. The van der Waals surface area contributed by atoms with Crippen molar-refractivity contribution in [2.45, 2.75) is 6.54 Å². The Kier molecular flexibility index (Phi) is 3.23. The second kappa shape index (κ2) is 5.06. The van der Waals surface area contributed by atoms with Gasteiger partial charge in [-0.3, -0.25) is 9.69 Å². The summed E-state index contributed by atoms with van der Waals surface area (Å²) in [6.07, 6.45) is 0. The summed E-state index contributed by atoms with van der Waals surface area (Å²) < 4.78 is 0. The van der Waals surface area contributed by atoms with Gasteiger partial charge in [-0.25, -0.2) is 0 Å². The van der Waals surface area contributed by atoms with Crippen LogP contribution in [0.15, 0.2) is 42.5 Å². The van der Waals surface area contributed by atoms with E-state index in [1.54, 1.807) is 0 Å². The number of nitrogens with zero attached hydrogens (tertiary/aromatic N) is 1. The van der Waals surface area contributed by atoms with Gasteiger partial charge in [0.25, 0.3) is 5.91 Å². The molecule has 2 aromatic rings. The molecule has 21 heavy (non-hydrogen) atoms. The van der Waals surface area contributed by atoms with E-state index in [1.807, 2.05) is 24.3 Å². The van der Waals surface area contributed by atoms with Crippen molar-refractivity contribution in [3.8, 4) is 11.5 Å².